The molecule has 0 spiro atoms. The Labute approximate surface area is 89.4 Å². The first-order valence-corrected chi connectivity index (χ1v) is 5.08. The van der Waals surface area contributed by atoms with Crippen LogP contribution in [-0.4, -0.2) is 0 Å². The fraction of sp³-hybridized carbons (Fsp3) is 0.143. The van der Waals surface area contributed by atoms with Crippen LogP contribution < -0.4 is 0 Å². The molecule has 2 rings (SSSR count). The van der Waals surface area contributed by atoms with E-state index in [2.05, 4.69) is 19.1 Å². The van der Waals surface area contributed by atoms with Gasteiger partial charge in [0.05, 0.1) is 0 Å². The van der Waals surface area contributed by atoms with Crippen LogP contribution in [-0.2, 0) is 0 Å². The van der Waals surface area contributed by atoms with Crippen LogP contribution in [0.1, 0.15) is 24.0 Å². The van der Waals surface area contributed by atoms with Crippen LogP contribution in [0.3, 0.4) is 0 Å². The molecular weight excluding hydrogens is 187 g/mol. The van der Waals surface area contributed by atoms with Crippen molar-refractivity contribution in [3.8, 4) is 0 Å². The van der Waals surface area contributed by atoms with Crippen molar-refractivity contribution in [2.75, 3.05) is 0 Å². The summed E-state index contributed by atoms with van der Waals surface area (Å²) in [6.07, 6.45) is 0. The molecule has 0 amide bonds. The maximum absolute atomic E-state index is 12.8. The molecule has 0 aliphatic carbocycles. The minimum absolute atomic E-state index is 0.181. The average Bonchev–Trinajstić information content (AvgIpc) is 2.30. The summed E-state index contributed by atoms with van der Waals surface area (Å²) in [6.45, 7) is 2.13. The van der Waals surface area contributed by atoms with Gasteiger partial charge in [0.15, 0.2) is 0 Å². The van der Waals surface area contributed by atoms with Crippen molar-refractivity contribution >= 4 is 0 Å². The molecule has 0 aliphatic heterocycles. The number of hydrogen-bond donors (Lipinski definition) is 0. The van der Waals surface area contributed by atoms with Crippen LogP contribution in [0.15, 0.2) is 54.6 Å². The highest BCUT2D eigenvalue weighted by molar-refractivity contribution is 5.31. The van der Waals surface area contributed by atoms with E-state index in [1.54, 1.807) is 0 Å². The summed E-state index contributed by atoms with van der Waals surface area (Å²) in [7, 11) is 0. The molecule has 1 unspecified atom stereocenters. The van der Waals surface area contributed by atoms with Gasteiger partial charge in [-0.2, -0.15) is 0 Å². The maximum atomic E-state index is 12.8. The molecule has 0 fully saturated rings. The number of rotatable bonds is 2. The third kappa shape index (κ3) is 2.24. The topological polar surface area (TPSA) is 0 Å². The predicted octanol–water partition coefficient (Wildman–Crippen LogP) is 3.98. The fourth-order valence-corrected chi connectivity index (χ4v) is 1.69. The third-order valence-electron chi connectivity index (χ3n) is 2.67. The van der Waals surface area contributed by atoms with Crippen molar-refractivity contribution in [2.24, 2.45) is 0 Å². The molecule has 1 atom stereocenters. The van der Waals surface area contributed by atoms with Gasteiger partial charge in [-0.1, -0.05) is 49.4 Å². The second-order valence-electron chi connectivity index (χ2n) is 3.68. The van der Waals surface area contributed by atoms with Gasteiger partial charge in [0, 0.05) is 5.92 Å². The molecule has 0 heterocycles. The first-order valence-electron chi connectivity index (χ1n) is 5.08. The molecule has 0 nitrogen and oxygen atoms in total. The Morgan fingerprint density at radius 2 is 1.33 bits per heavy atom. The fourth-order valence-electron chi connectivity index (χ4n) is 1.69. The molecule has 76 valence electrons. The highest BCUT2D eigenvalue weighted by atomic mass is 19.1. The molecule has 0 aliphatic rings. The van der Waals surface area contributed by atoms with E-state index in [4.69, 9.17) is 0 Å². The maximum Gasteiger partial charge on any atom is 0.123 e. The zero-order valence-electron chi connectivity index (χ0n) is 8.65. The van der Waals surface area contributed by atoms with E-state index in [0.29, 0.717) is 5.92 Å². The highest BCUT2D eigenvalue weighted by Crippen LogP contribution is 2.23. The van der Waals surface area contributed by atoms with Gasteiger partial charge in [0.2, 0.25) is 0 Å². The molecule has 0 aromatic heterocycles. The van der Waals surface area contributed by atoms with Gasteiger partial charge < -0.3 is 0 Å². The van der Waals surface area contributed by atoms with Crippen molar-refractivity contribution in [3.05, 3.63) is 71.5 Å². The van der Waals surface area contributed by atoms with E-state index in [1.165, 1.54) is 17.7 Å². The lowest BCUT2D eigenvalue weighted by Gasteiger charge is -2.11. The lowest BCUT2D eigenvalue weighted by atomic mass is 9.93. The van der Waals surface area contributed by atoms with Crippen molar-refractivity contribution < 1.29 is 4.39 Å². The molecule has 15 heavy (non-hydrogen) atoms. The Morgan fingerprint density at radius 1 is 0.800 bits per heavy atom. The van der Waals surface area contributed by atoms with Gasteiger partial charge in [0.25, 0.3) is 0 Å². The van der Waals surface area contributed by atoms with E-state index >= 15 is 0 Å². The molecule has 0 radical (unpaired) electrons. The van der Waals surface area contributed by atoms with Crippen molar-refractivity contribution in [3.63, 3.8) is 0 Å². The molecular formula is C14H13F. The van der Waals surface area contributed by atoms with E-state index in [0.717, 1.165) is 5.56 Å². The van der Waals surface area contributed by atoms with Crippen LogP contribution in [0.4, 0.5) is 4.39 Å². The average molecular weight is 200 g/mol. The highest BCUT2D eigenvalue weighted by Gasteiger charge is 2.07. The first-order chi connectivity index (χ1) is 7.27. The van der Waals surface area contributed by atoms with E-state index < -0.39 is 0 Å². The Hall–Kier alpha value is -1.63. The number of benzene rings is 2. The summed E-state index contributed by atoms with van der Waals surface area (Å²) in [6, 6.07) is 16.9. The normalized spacial score (nSPS) is 12.4. The molecule has 2 aromatic rings. The largest absolute Gasteiger partial charge is 0.207 e. The molecule has 0 saturated carbocycles. The van der Waals surface area contributed by atoms with Gasteiger partial charge >= 0.3 is 0 Å². The minimum Gasteiger partial charge on any atom is -0.207 e. The van der Waals surface area contributed by atoms with E-state index in [1.807, 2.05) is 30.3 Å². The molecule has 1 heteroatoms. The van der Waals surface area contributed by atoms with Crippen LogP contribution in [0.25, 0.3) is 0 Å². The zero-order valence-corrected chi connectivity index (χ0v) is 8.65. The summed E-state index contributed by atoms with van der Waals surface area (Å²) in [5.41, 5.74) is 2.40. The second kappa shape index (κ2) is 4.26. The third-order valence-corrected chi connectivity index (χ3v) is 2.67. The van der Waals surface area contributed by atoms with Crippen molar-refractivity contribution in [2.45, 2.75) is 12.8 Å². The molecule has 0 N–H and O–H groups in total. The molecule has 0 saturated heterocycles. The van der Waals surface area contributed by atoms with E-state index in [-0.39, 0.29) is 5.82 Å². The summed E-state index contributed by atoms with van der Waals surface area (Å²) >= 11 is 0. The summed E-state index contributed by atoms with van der Waals surface area (Å²) < 4.78 is 12.8. The van der Waals surface area contributed by atoms with Crippen LogP contribution >= 0.6 is 0 Å². The SMILES string of the molecule is CC(c1ccccc1)c1ccc(F)cc1. The zero-order chi connectivity index (χ0) is 10.7. The monoisotopic (exact) mass is 200 g/mol. The summed E-state index contributed by atoms with van der Waals surface area (Å²) in [4.78, 5) is 0. The standard InChI is InChI=1S/C14H13F/c1-11(12-5-3-2-4-6-12)13-7-9-14(15)10-8-13/h2-11H,1H3. The van der Waals surface area contributed by atoms with Gasteiger partial charge in [-0.05, 0) is 23.3 Å². The Balaban J connectivity index is 2.29. The van der Waals surface area contributed by atoms with Crippen molar-refractivity contribution in [1.29, 1.82) is 0 Å². The number of halogens is 1. The Kier molecular flexibility index (Phi) is 2.82. The van der Waals surface area contributed by atoms with E-state index in [9.17, 15) is 4.39 Å². The number of hydrogen-bond acceptors (Lipinski definition) is 0. The van der Waals surface area contributed by atoms with Gasteiger partial charge in [0.1, 0.15) is 5.82 Å². The van der Waals surface area contributed by atoms with Gasteiger partial charge in [-0.15, -0.1) is 0 Å². The lowest BCUT2D eigenvalue weighted by Crippen LogP contribution is -1.95. The van der Waals surface area contributed by atoms with Crippen molar-refractivity contribution in [1.82, 2.24) is 0 Å². The van der Waals surface area contributed by atoms with Crippen LogP contribution in [0.2, 0.25) is 0 Å². The Bertz CT molecular complexity index is 417. The van der Waals surface area contributed by atoms with Crippen LogP contribution in [0.5, 0.6) is 0 Å². The Morgan fingerprint density at radius 3 is 1.93 bits per heavy atom. The van der Waals surface area contributed by atoms with Crippen LogP contribution in [0, 0.1) is 5.82 Å². The predicted molar refractivity (Wildman–Crippen MR) is 60.4 cm³/mol. The second-order valence-corrected chi connectivity index (χ2v) is 3.68. The van der Waals surface area contributed by atoms with Gasteiger partial charge in [-0.3, -0.25) is 0 Å². The quantitative estimate of drug-likeness (QED) is 0.688. The summed E-state index contributed by atoms with van der Waals surface area (Å²) in [5, 5.41) is 0. The first kappa shape index (κ1) is 9.91. The van der Waals surface area contributed by atoms with Gasteiger partial charge in [-0.25, -0.2) is 4.39 Å². The molecule has 2 aromatic carbocycles. The smallest absolute Gasteiger partial charge is 0.123 e. The summed E-state index contributed by atoms with van der Waals surface area (Å²) in [5.74, 6) is 0.130. The lowest BCUT2D eigenvalue weighted by molar-refractivity contribution is 0.626. The minimum atomic E-state index is -0.181. The molecule has 0 bridgehead atoms.